The minimum absolute atomic E-state index is 0.00321. The highest BCUT2D eigenvalue weighted by atomic mass is 32.2. The van der Waals surface area contributed by atoms with Crippen molar-refractivity contribution < 1.29 is 8.95 Å². The van der Waals surface area contributed by atoms with Crippen molar-refractivity contribution in [2.75, 3.05) is 7.11 Å². The summed E-state index contributed by atoms with van der Waals surface area (Å²) in [5.41, 5.74) is 1.08. The predicted molar refractivity (Wildman–Crippen MR) is 81.6 cm³/mol. The minimum Gasteiger partial charge on any atom is -0.497 e. The van der Waals surface area contributed by atoms with E-state index in [-0.39, 0.29) is 10.8 Å². The van der Waals surface area contributed by atoms with Gasteiger partial charge in [0, 0.05) is 6.04 Å². The molecule has 0 aliphatic heterocycles. The second kappa shape index (κ2) is 6.87. The lowest BCUT2D eigenvalue weighted by Gasteiger charge is -2.24. The second-order valence-corrected chi connectivity index (χ2v) is 7.35. The average Bonchev–Trinajstić information content (AvgIpc) is 2.37. The van der Waals surface area contributed by atoms with E-state index in [9.17, 15) is 4.21 Å². The van der Waals surface area contributed by atoms with Gasteiger partial charge in [0.15, 0.2) is 0 Å². The van der Waals surface area contributed by atoms with Gasteiger partial charge in [-0.1, -0.05) is 18.2 Å². The molecule has 1 rings (SSSR count). The van der Waals surface area contributed by atoms with E-state index in [1.165, 1.54) is 0 Å². The number of benzene rings is 1. The number of ether oxygens (including phenoxy) is 1. The fourth-order valence-electron chi connectivity index (χ4n) is 1.56. The molecule has 0 aliphatic carbocycles. The number of methoxy groups -OCH3 is 1. The van der Waals surface area contributed by atoms with Gasteiger partial charge < -0.3 is 4.74 Å². The molecule has 19 heavy (non-hydrogen) atoms. The van der Waals surface area contributed by atoms with Crippen molar-refractivity contribution in [1.82, 2.24) is 4.72 Å². The Balaban J connectivity index is 2.87. The summed E-state index contributed by atoms with van der Waals surface area (Å²) < 4.78 is 20.2. The Bertz CT molecular complexity index is 434. The number of rotatable bonds is 6. The van der Waals surface area contributed by atoms with Gasteiger partial charge in [-0.3, -0.25) is 0 Å². The second-order valence-electron chi connectivity index (χ2n) is 5.35. The van der Waals surface area contributed by atoms with Crippen LogP contribution in [0.5, 0.6) is 5.75 Å². The van der Waals surface area contributed by atoms with Gasteiger partial charge in [-0.15, -0.1) is 6.58 Å². The van der Waals surface area contributed by atoms with Crippen LogP contribution in [0, 0.1) is 0 Å². The van der Waals surface area contributed by atoms with Gasteiger partial charge in [-0.2, -0.15) is 0 Å². The van der Waals surface area contributed by atoms with Crippen LogP contribution in [0.1, 0.15) is 38.8 Å². The summed E-state index contributed by atoms with van der Waals surface area (Å²) in [6.07, 6.45) is 2.57. The molecule has 0 saturated carbocycles. The summed E-state index contributed by atoms with van der Waals surface area (Å²) in [6, 6.07) is 7.79. The molecule has 0 spiro atoms. The van der Waals surface area contributed by atoms with Crippen LogP contribution in [0.3, 0.4) is 0 Å². The van der Waals surface area contributed by atoms with Crippen molar-refractivity contribution in [3.05, 3.63) is 42.5 Å². The summed E-state index contributed by atoms with van der Waals surface area (Å²) in [7, 11) is 0.536. The molecule has 0 saturated heterocycles. The van der Waals surface area contributed by atoms with Crippen LogP contribution in [0.25, 0.3) is 0 Å². The fourth-order valence-corrected chi connectivity index (χ4v) is 2.41. The average molecular weight is 281 g/mol. The highest BCUT2D eigenvalue weighted by Gasteiger charge is 2.23. The van der Waals surface area contributed by atoms with Gasteiger partial charge in [0.1, 0.15) is 5.75 Å². The molecule has 4 heteroatoms. The zero-order valence-electron chi connectivity index (χ0n) is 12.1. The predicted octanol–water partition coefficient (Wildman–Crippen LogP) is 3.36. The van der Waals surface area contributed by atoms with E-state index in [2.05, 4.69) is 11.3 Å². The molecule has 0 bridgehead atoms. The van der Waals surface area contributed by atoms with Crippen molar-refractivity contribution in [3.63, 3.8) is 0 Å². The van der Waals surface area contributed by atoms with E-state index in [0.29, 0.717) is 0 Å². The first-order chi connectivity index (χ1) is 8.88. The molecular weight excluding hydrogens is 258 g/mol. The third-order valence-corrected chi connectivity index (χ3v) is 4.34. The van der Waals surface area contributed by atoms with Gasteiger partial charge in [0.25, 0.3) is 0 Å². The van der Waals surface area contributed by atoms with E-state index < -0.39 is 11.0 Å². The molecule has 3 nitrogen and oxygen atoms in total. The molecule has 106 valence electrons. The quantitative estimate of drug-likeness (QED) is 0.812. The van der Waals surface area contributed by atoms with Gasteiger partial charge in [0.05, 0.1) is 22.8 Å². The maximum absolute atomic E-state index is 12.2. The summed E-state index contributed by atoms with van der Waals surface area (Å²) in [5.74, 6) is 0.818. The third kappa shape index (κ3) is 4.80. The Morgan fingerprint density at radius 3 is 2.37 bits per heavy atom. The molecule has 1 unspecified atom stereocenters. The largest absolute Gasteiger partial charge is 0.497 e. The van der Waals surface area contributed by atoms with E-state index in [4.69, 9.17) is 4.74 Å². The molecular formula is C15H23NO2S. The van der Waals surface area contributed by atoms with Crippen molar-refractivity contribution >= 4 is 11.0 Å². The number of nitrogens with one attached hydrogen (secondary N) is 1. The van der Waals surface area contributed by atoms with Crippen LogP contribution in [0.4, 0.5) is 0 Å². The van der Waals surface area contributed by atoms with Crippen LogP contribution in [0.15, 0.2) is 36.9 Å². The van der Waals surface area contributed by atoms with Crippen LogP contribution in [0.2, 0.25) is 0 Å². The minimum atomic E-state index is -1.11. The lowest BCUT2D eigenvalue weighted by atomic mass is 10.0. The van der Waals surface area contributed by atoms with E-state index >= 15 is 0 Å². The molecule has 0 amide bonds. The van der Waals surface area contributed by atoms with Crippen molar-refractivity contribution in [2.24, 2.45) is 0 Å². The SMILES string of the molecule is C=CC[C@@H](NS(=O)C(C)(C)C)c1ccc(OC)cc1. The zero-order chi connectivity index (χ0) is 14.5. The Hall–Kier alpha value is -1.13. The van der Waals surface area contributed by atoms with Crippen molar-refractivity contribution in [3.8, 4) is 5.75 Å². The van der Waals surface area contributed by atoms with Gasteiger partial charge in [-0.05, 0) is 44.9 Å². The highest BCUT2D eigenvalue weighted by Crippen LogP contribution is 2.22. The van der Waals surface area contributed by atoms with Crippen LogP contribution < -0.4 is 9.46 Å². The lowest BCUT2D eigenvalue weighted by molar-refractivity contribution is 0.414. The highest BCUT2D eigenvalue weighted by molar-refractivity contribution is 7.84. The third-order valence-electron chi connectivity index (χ3n) is 2.73. The smallest absolute Gasteiger partial charge is 0.118 e. The summed E-state index contributed by atoms with van der Waals surface area (Å²) in [5, 5.41) is 0. The summed E-state index contributed by atoms with van der Waals surface area (Å²) in [6.45, 7) is 9.63. The first-order valence-corrected chi connectivity index (χ1v) is 7.46. The molecule has 2 atom stereocenters. The first kappa shape index (κ1) is 15.9. The van der Waals surface area contributed by atoms with Crippen molar-refractivity contribution in [2.45, 2.75) is 38.0 Å². The lowest BCUT2D eigenvalue weighted by Crippen LogP contribution is -2.35. The molecule has 1 N–H and O–H groups in total. The van der Waals surface area contributed by atoms with E-state index in [0.717, 1.165) is 17.7 Å². The molecule has 1 aromatic rings. The van der Waals surface area contributed by atoms with Crippen LogP contribution in [-0.4, -0.2) is 16.1 Å². The van der Waals surface area contributed by atoms with E-state index in [1.54, 1.807) is 7.11 Å². The number of hydrogen-bond donors (Lipinski definition) is 1. The van der Waals surface area contributed by atoms with Crippen LogP contribution in [-0.2, 0) is 11.0 Å². The monoisotopic (exact) mass is 281 g/mol. The molecule has 0 aromatic heterocycles. The molecule has 0 heterocycles. The summed E-state index contributed by atoms with van der Waals surface area (Å²) in [4.78, 5) is 0. The molecule has 0 radical (unpaired) electrons. The topological polar surface area (TPSA) is 38.3 Å². The fraction of sp³-hybridized carbons (Fsp3) is 0.467. The maximum atomic E-state index is 12.2. The Morgan fingerprint density at radius 2 is 1.95 bits per heavy atom. The maximum Gasteiger partial charge on any atom is 0.118 e. The number of hydrogen-bond acceptors (Lipinski definition) is 2. The van der Waals surface area contributed by atoms with E-state index in [1.807, 2.05) is 51.1 Å². The van der Waals surface area contributed by atoms with Crippen molar-refractivity contribution in [1.29, 1.82) is 0 Å². The normalized spacial score (nSPS) is 14.7. The Morgan fingerprint density at radius 1 is 1.37 bits per heavy atom. The van der Waals surface area contributed by atoms with Gasteiger partial charge in [0.2, 0.25) is 0 Å². The zero-order valence-corrected chi connectivity index (χ0v) is 12.9. The van der Waals surface area contributed by atoms with Crippen LogP contribution >= 0.6 is 0 Å². The summed E-state index contributed by atoms with van der Waals surface area (Å²) >= 11 is 0. The standard InChI is InChI=1S/C15H23NO2S/c1-6-7-14(16-19(17)15(2,3)4)12-8-10-13(18-5)11-9-12/h6,8-11,14,16H,1,7H2,2-5H3/t14-,19?/m1/s1. The Kier molecular flexibility index (Phi) is 5.76. The van der Waals surface area contributed by atoms with Gasteiger partial charge in [-0.25, -0.2) is 8.93 Å². The first-order valence-electron chi connectivity index (χ1n) is 6.31. The molecule has 0 fully saturated rings. The Labute approximate surface area is 118 Å². The molecule has 0 aliphatic rings. The molecule has 1 aromatic carbocycles. The van der Waals surface area contributed by atoms with Gasteiger partial charge >= 0.3 is 0 Å².